The van der Waals surface area contributed by atoms with Gasteiger partial charge < -0.3 is 10.3 Å². The fourth-order valence-electron chi connectivity index (χ4n) is 2.22. The Kier molecular flexibility index (Phi) is 2.90. The standard InChI is InChI=1S/C14H22N2O/c1-9(15)11-7-8-12(14(2,3)4)16(13(11)17)10-5-6-10/h7-10H,5-6,15H2,1-4H3. The first kappa shape index (κ1) is 12.4. The molecule has 1 atom stereocenters. The lowest BCUT2D eigenvalue weighted by molar-refractivity contribution is 0.501. The topological polar surface area (TPSA) is 48.0 Å². The lowest BCUT2D eigenvalue weighted by atomic mass is 9.90. The van der Waals surface area contributed by atoms with Crippen molar-refractivity contribution in [3.05, 3.63) is 33.7 Å². The van der Waals surface area contributed by atoms with Gasteiger partial charge in [-0.25, -0.2) is 0 Å². The monoisotopic (exact) mass is 234 g/mol. The second-order valence-corrected chi connectivity index (χ2v) is 6.12. The Morgan fingerprint density at radius 2 is 1.94 bits per heavy atom. The van der Waals surface area contributed by atoms with Crippen molar-refractivity contribution in [2.75, 3.05) is 0 Å². The van der Waals surface area contributed by atoms with Crippen molar-refractivity contribution in [3.63, 3.8) is 0 Å². The average molecular weight is 234 g/mol. The number of nitrogens with two attached hydrogens (primary N) is 1. The van der Waals surface area contributed by atoms with E-state index in [4.69, 9.17) is 5.73 Å². The van der Waals surface area contributed by atoms with Crippen LogP contribution < -0.4 is 11.3 Å². The van der Waals surface area contributed by atoms with Crippen molar-refractivity contribution < 1.29 is 0 Å². The fourth-order valence-corrected chi connectivity index (χ4v) is 2.22. The lowest BCUT2D eigenvalue weighted by Gasteiger charge is -2.25. The quantitative estimate of drug-likeness (QED) is 0.854. The molecule has 1 fully saturated rings. The van der Waals surface area contributed by atoms with Crippen LogP contribution in [0.2, 0.25) is 0 Å². The van der Waals surface area contributed by atoms with E-state index < -0.39 is 0 Å². The molecule has 17 heavy (non-hydrogen) atoms. The molecule has 1 heterocycles. The SMILES string of the molecule is CC(N)c1ccc(C(C)(C)C)n(C2CC2)c1=O. The molecule has 1 aromatic heterocycles. The van der Waals surface area contributed by atoms with Crippen LogP contribution in [0.3, 0.4) is 0 Å². The van der Waals surface area contributed by atoms with Gasteiger partial charge in [0.2, 0.25) is 0 Å². The minimum absolute atomic E-state index is 0.00187. The van der Waals surface area contributed by atoms with Gasteiger partial charge in [-0.1, -0.05) is 26.8 Å². The molecule has 0 bridgehead atoms. The van der Waals surface area contributed by atoms with E-state index in [2.05, 4.69) is 26.8 Å². The largest absolute Gasteiger partial charge is 0.324 e. The number of rotatable bonds is 2. The van der Waals surface area contributed by atoms with Crippen LogP contribution in [-0.2, 0) is 5.41 Å². The number of aromatic nitrogens is 1. The predicted molar refractivity (Wildman–Crippen MR) is 70.3 cm³/mol. The van der Waals surface area contributed by atoms with E-state index in [1.807, 2.05) is 17.6 Å². The first-order valence-corrected chi connectivity index (χ1v) is 6.34. The Morgan fingerprint density at radius 3 is 2.35 bits per heavy atom. The number of pyridine rings is 1. The van der Waals surface area contributed by atoms with Gasteiger partial charge in [0.25, 0.3) is 5.56 Å². The van der Waals surface area contributed by atoms with Crippen molar-refractivity contribution in [3.8, 4) is 0 Å². The van der Waals surface area contributed by atoms with Gasteiger partial charge in [0.05, 0.1) is 0 Å². The van der Waals surface area contributed by atoms with Gasteiger partial charge >= 0.3 is 0 Å². The van der Waals surface area contributed by atoms with E-state index in [1.54, 1.807) is 0 Å². The zero-order valence-corrected chi connectivity index (χ0v) is 11.2. The van der Waals surface area contributed by atoms with E-state index in [-0.39, 0.29) is 17.0 Å². The van der Waals surface area contributed by atoms with Crippen LogP contribution in [0, 0.1) is 0 Å². The molecular formula is C14H22N2O. The summed E-state index contributed by atoms with van der Waals surface area (Å²) in [7, 11) is 0. The molecule has 2 N–H and O–H groups in total. The molecule has 0 spiro atoms. The highest BCUT2D eigenvalue weighted by Gasteiger charge is 2.31. The van der Waals surface area contributed by atoms with Crippen molar-refractivity contribution >= 4 is 0 Å². The third-order valence-electron chi connectivity index (χ3n) is 3.32. The molecule has 94 valence electrons. The van der Waals surface area contributed by atoms with Crippen LogP contribution >= 0.6 is 0 Å². The Hall–Kier alpha value is -1.09. The van der Waals surface area contributed by atoms with E-state index in [0.717, 1.165) is 24.1 Å². The summed E-state index contributed by atoms with van der Waals surface area (Å²) in [5.41, 5.74) is 7.80. The number of nitrogens with zero attached hydrogens (tertiary/aromatic N) is 1. The van der Waals surface area contributed by atoms with Gasteiger partial charge in [0.15, 0.2) is 0 Å². The molecule has 3 nitrogen and oxygen atoms in total. The van der Waals surface area contributed by atoms with E-state index in [1.165, 1.54) is 0 Å². The maximum atomic E-state index is 12.4. The molecule has 3 heteroatoms. The molecule has 1 saturated carbocycles. The van der Waals surface area contributed by atoms with Gasteiger partial charge in [-0.3, -0.25) is 4.79 Å². The van der Waals surface area contributed by atoms with Crippen LogP contribution in [-0.4, -0.2) is 4.57 Å². The molecule has 1 aromatic rings. The molecule has 2 rings (SSSR count). The minimum atomic E-state index is -0.193. The van der Waals surface area contributed by atoms with Gasteiger partial charge in [-0.15, -0.1) is 0 Å². The highest BCUT2D eigenvalue weighted by molar-refractivity contribution is 5.24. The van der Waals surface area contributed by atoms with Crippen molar-refractivity contribution in [2.24, 2.45) is 5.73 Å². The summed E-state index contributed by atoms with van der Waals surface area (Å²) in [4.78, 5) is 12.4. The van der Waals surface area contributed by atoms with Crippen LogP contribution in [0.15, 0.2) is 16.9 Å². The molecule has 1 aliphatic carbocycles. The van der Waals surface area contributed by atoms with E-state index in [0.29, 0.717) is 6.04 Å². The van der Waals surface area contributed by atoms with Crippen LogP contribution in [0.4, 0.5) is 0 Å². The first-order valence-electron chi connectivity index (χ1n) is 6.34. The summed E-state index contributed by atoms with van der Waals surface area (Å²) >= 11 is 0. The Labute approximate surface area is 103 Å². The molecule has 0 aliphatic heterocycles. The minimum Gasteiger partial charge on any atom is -0.324 e. The Balaban J connectivity index is 2.63. The maximum absolute atomic E-state index is 12.4. The summed E-state index contributed by atoms with van der Waals surface area (Å²) in [5.74, 6) is 0. The van der Waals surface area contributed by atoms with E-state index in [9.17, 15) is 4.79 Å². The smallest absolute Gasteiger partial charge is 0.255 e. The molecule has 0 amide bonds. The van der Waals surface area contributed by atoms with Gasteiger partial charge in [0.1, 0.15) is 0 Å². The lowest BCUT2D eigenvalue weighted by Crippen LogP contribution is -2.32. The molecular weight excluding hydrogens is 212 g/mol. The van der Waals surface area contributed by atoms with Crippen molar-refractivity contribution in [2.45, 2.75) is 58.0 Å². The Morgan fingerprint density at radius 1 is 1.35 bits per heavy atom. The predicted octanol–water partition coefficient (Wildman–Crippen LogP) is 2.50. The molecule has 0 saturated heterocycles. The summed E-state index contributed by atoms with van der Waals surface area (Å²) < 4.78 is 1.97. The second kappa shape index (κ2) is 3.98. The van der Waals surface area contributed by atoms with Crippen LogP contribution in [0.5, 0.6) is 0 Å². The Bertz CT molecular complexity index is 476. The van der Waals surface area contributed by atoms with Crippen LogP contribution in [0.25, 0.3) is 0 Å². The third kappa shape index (κ3) is 2.29. The molecule has 0 radical (unpaired) electrons. The summed E-state index contributed by atoms with van der Waals surface area (Å²) in [6, 6.07) is 4.17. The van der Waals surface area contributed by atoms with Gasteiger partial charge in [-0.2, -0.15) is 0 Å². The third-order valence-corrected chi connectivity index (χ3v) is 3.32. The van der Waals surface area contributed by atoms with Crippen molar-refractivity contribution in [1.29, 1.82) is 0 Å². The first-order chi connectivity index (χ1) is 7.82. The summed E-state index contributed by atoms with van der Waals surface area (Å²) in [5, 5.41) is 0. The highest BCUT2D eigenvalue weighted by Crippen LogP contribution is 2.37. The average Bonchev–Trinajstić information content (AvgIpc) is 2.98. The molecule has 1 unspecified atom stereocenters. The summed E-state index contributed by atoms with van der Waals surface area (Å²) in [6.07, 6.45) is 2.23. The maximum Gasteiger partial charge on any atom is 0.255 e. The zero-order chi connectivity index (χ0) is 12.8. The van der Waals surface area contributed by atoms with Gasteiger partial charge in [0, 0.05) is 28.8 Å². The zero-order valence-electron chi connectivity index (χ0n) is 11.2. The highest BCUT2D eigenvalue weighted by atomic mass is 16.1. The molecule has 0 aromatic carbocycles. The van der Waals surface area contributed by atoms with Crippen molar-refractivity contribution in [1.82, 2.24) is 4.57 Å². The second-order valence-electron chi connectivity index (χ2n) is 6.12. The van der Waals surface area contributed by atoms with Crippen LogP contribution in [0.1, 0.15) is 63.9 Å². The number of hydrogen-bond acceptors (Lipinski definition) is 2. The fraction of sp³-hybridized carbons (Fsp3) is 0.643. The number of hydrogen-bond donors (Lipinski definition) is 1. The van der Waals surface area contributed by atoms with Gasteiger partial charge in [-0.05, 0) is 25.8 Å². The normalized spacial score (nSPS) is 18.2. The molecule has 1 aliphatic rings. The van der Waals surface area contributed by atoms with E-state index >= 15 is 0 Å². The summed E-state index contributed by atoms with van der Waals surface area (Å²) in [6.45, 7) is 8.30.